The smallest absolute Gasteiger partial charge is 0.00207 e. The van der Waals surface area contributed by atoms with Crippen LogP contribution in [-0.2, 0) is 0 Å². The van der Waals surface area contributed by atoms with E-state index in [-0.39, 0.29) is 0 Å². The third kappa shape index (κ3) is 1.42. The van der Waals surface area contributed by atoms with Crippen molar-refractivity contribution in [2.75, 3.05) is 13.1 Å². The van der Waals surface area contributed by atoms with Crippen molar-refractivity contribution in [2.45, 2.75) is 12.8 Å². The molecule has 1 saturated carbocycles. The number of allylic oxidation sites excluding steroid dienone is 1. The Morgan fingerprint density at radius 2 is 1.87 bits per heavy atom. The van der Waals surface area contributed by atoms with Crippen LogP contribution < -0.4 is 5.32 Å². The Bertz CT molecular complexity index is 368. The van der Waals surface area contributed by atoms with Crippen LogP contribution in [0.3, 0.4) is 0 Å². The lowest BCUT2D eigenvalue weighted by Crippen LogP contribution is -2.60. The quantitative estimate of drug-likeness (QED) is 0.772. The van der Waals surface area contributed by atoms with Gasteiger partial charge in [0.15, 0.2) is 0 Å². The van der Waals surface area contributed by atoms with Crippen molar-refractivity contribution in [1.29, 1.82) is 0 Å². The second-order valence-corrected chi connectivity index (χ2v) is 5.10. The summed E-state index contributed by atoms with van der Waals surface area (Å²) in [5.41, 5.74) is 3.32. The third-order valence-corrected chi connectivity index (χ3v) is 4.00. The average Bonchev–Trinajstić information content (AvgIpc) is 2.14. The van der Waals surface area contributed by atoms with Gasteiger partial charge in [-0.3, -0.25) is 0 Å². The summed E-state index contributed by atoms with van der Waals surface area (Å²) in [5.74, 6) is 0.731. The first kappa shape index (κ1) is 9.17. The molecule has 0 unspecified atom stereocenters. The summed E-state index contributed by atoms with van der Waals surface area (Å²) in [6.07, 6.45) is 2.68. The van der Waals surface area contributed by atoms with Gasteiger partial charge >= 0.3 is 0 Å². The van der Waals surface area contributed by atoms with Crippen molar-refractivity contribution in [1.82, 2.24) is 5.32 Å². The predicted octanol–water partition coefficient (Wildman–Crippen LogP) is 2.70. The highest BCUT2D eigenvalue weighted by Gasteiger charge is 2.48. The van der Waals surface area contributed by atoms with E-state index in [1.807, 2.05) is 0 Å². The second-order valence-electron chi connectivity index (χ2n) is 5.10. The lowest BCUT2D eigenvalue weighted by molar-refractivity contribution is 0.0269. The lowest BCUT2D eigenvalue weighted by Gasteiger charge is -2.55. The predicted molar refractivity (Wildman–Crippen MR) is 63.5 cm³/mol. The molecule has 1 saturated heterocycles. The van der Waals surface area contributed by atoms with E-state index in [1.54, 1.807) is 0 Å². The van der Waals surface area contributed by atoms with E-state index < -0.39 is 0 Å². The topological polar surface area (TPSA) is 12.0 Å². The molecule has 1 aromatic carbocycles. The highest BCUT2D eigenvalue weighted by molar-refractivity contribution is 5.66. The molecule has 1 heterocycles. The summed E-state index contributed by atoms with van der Waals surface area (Å²) in [7, 11) is 0. The zero-order valence-corrected chi connectivity index (χ0v) is 9.00. The Kier molecular flexibility index (Phi) is 1.96. The van der Waals surface area contributed by atoms with Gasteiger partial charge in [-0.1, -0.05) is 36.9 Å². The van der Waals surface area contributed by atoms with Gasteiger partial charge in [-0.25, -0.2) is 0 Å². The van der Waals surface area contributed by atoms with Crippen molar-refractivity contribution in [3.8, 4) is 0 Å². The fourth-order valence-electron chi connectivity index (χ4n) is 2.89. The molecule has 2 aliphatic rings. The van der Waals surface area contributed by atoms with Crippen LogP contribution in [0.1, 0.15) is 18.4 Å². The van der Waals surface area contributed by atoms with Gasteiger partial charge in [-0.05, 0) is 35.3 Å². The van der Waals surface area contributed by atoms with E-state index in [0.29, 0.717) is 5.41 Å². The van der Waals surface area contributed by atoms with Gasteiger partial charge in [0.1, 0.15) is 0 Å². The summed E-state index contributed by atoms with van der Waals surface area (Å²) in [6, 6.07) is 10.6. The van der Waals surface area contributed by atoms with Crippen molar-refractivity contribution < 1.29 is 0 Å². The molecule has 15 heavy (non-hydrogen) atoms. The standard InChI is InChI=1S/C14H17N/c1-11(12-5-3-2-4-6-12)13-7-14(8-13)9-15-10-14/h2-6,13,15H,1,7-10H2. The van der Waals surface area contributed by atoms with Crippen molar-refractivity contribution in [3.05, 3.63) is 42.5 Å². The Hall–Kier alpha value is -1.08. The lowest BCUT2D eigenvalue weighted by atomic mass is 9.56. The van der Waals surface area contributed by atoms with Crippen molar-refractivity contribution in [2.24, 2.45) is 11.3 Å². The van der Waals surface area contributed by atoms with E-state index in [2.05, 4.69) is 42.2 Å². The normalized spacial score (nSPS) is 23.2. The number of rotatable bonds is 2. The monoisotopic (exact) mass is 199 g/mol. The van der Waals surface area contributed by atoms with Gasteiger partial charge in [0.05, 0.1) is 0 Å². The minimum atomic E-state index is 0.655. The third-order valence-electron chi connectivity index (χ3n) is 4.00. The van der Waals surface area contributed by atoms with Crippen LogP contribution >= 0.6 is 0 Å². The minimum Gasteiger partial charge on any atom is -0.316 e. The fraction of sp³-hybridized carbons (Fsp3) is 0.429. The molecule has 0 aromatic heterocycles. The van der Waals surface area contributed by atoms with Crippen LogP contribution in [0.4, 0.5) is 0 Å². The molecule has 3 rings (SSSR count). The maximum atomic E-state index is 4.25. The zero-order chi connectivity index (χ0) is 10.3. The van der Waals surface area contributed by atoms with Crippen LogP contribution in [0.5, 0.6) is 0 Å². The van der Waals surface area contributed by atoms with Crippen LogP contribution in [0, 0.1) is 11.3 Å². The molecular formula is C14H17N. The fourth-order valence-corrected chi connectivity index (χ4v) is 2.89. The van der Waals surface area contributed by atoms with E-state index in [0.717, 1.165) is 5.92 Å². The minimum absolute atomic E-state index is 0.655. The molecule has 2 fully saturated rings. The van der Waals surface area contributed by atoms with E-state index >= 15 is 0 Å². The molecule has 1 nitrogen and oxygen atoms in total. The van der Waals surface area contributed by atoms with Gasteiger partial charge < -0.3 is 5.32 Å². The highest BCUT2D eigenvalue weighted by Crippen LogP contribution is 2.52. The first-order valence-corrected chi connectivity index (χ1v) is 5.74. The maximum Gasteiger partial charge on any atom is 0.00207 e. The molecule has 0 amide bonds. The highest BCUT2D eigenvalue weighted by atomic mass is 15.0. The largest absolute Gasteiger partial charge is 0.316 e. The van der Waals surface area contributed by atoms with Crippen LogP contribution in [-0.4, -0.2) is 13.1 Å². The van der Waals surface area contributed by atoms with Crippen molar-refractivity contribution >= 4 is 5.57 Å². The van der Waals surface area contributed by atoms with E-state index in [1.165, 1.54) is 37.1 Å². The summed E-state index contributed by atoms with van der Waals surface area (Å²) in [4.78, 5) is 0. The molecule has 0 atom stereocenters. The molecule has 78 valence electrons. The van der Waals surface area contributed by atoms with E-state index in [9.17, 15) is 0 Å². The molecule has 0 bridgehead atoms. The molecular weight excluding hydrogens is 182 g/mol. The second kappa shape index (κ2) is 3.21. The Morgan fingerprint density at radius 1 is 1.20 bits per heavy atom. The Morgan fingerprint density at radius 3 is 2.40 bits per heavy atom. The van der Waals surface area contributed by atoms with Crippen LogP contribution in [0.15, 0.2) is 36.9 Å². The zero-order valence-electron chi connectivity index (χ0n) is 9.00. The molecule has 1 aliphatic heterocycles. The van der Waals surface area contributed by atoms with E-state index in [4.69, 9.17) is 0 Å². The van der Waals surface area contributed by atoms with Crippen LogP contribution in [0.25, 0.3) is 5.57 Å². The first-order valence-electron chi connectivity index (χ1n) is 5.74. The molecule has 1 N–H and O–H groups in total. The molecule has 1 heteroatoms. The molecule has 1 aliphatic carbocycles. The summed E-state index contributed by atoms with van der Waals surface area (Å²) < 4.78 is 0. The molecule has 0 radical (unpaired) electrons. The first-order chi connectivity index (χ1) is 7.29. The maximum absolute atomic E-state index is 4.25. The van der Waals surface area contributed by atoms with Crippen LogP contribution in [0.2, 0.25) is 0 Å². The number of hydrogen-bond donors (Lipinski definition) is 1. The SMILES string of the molecule is C=C(c1ccccc1)C1CC2(CNC2)C1. The van der Waals surface area contributed by atoms with Gasteiger partial charge in [-0.15, -0.1) is 0 Å². The average molecular weight is 199 g/mol. The summed E-state index contributed by atoms with van der Waals surface area (Å²) >= 11 is 0. The van der Waals surface area contributed by atoms with Gasteiger partial charge in [-0.2, -0.15) is 0 Å². The number of benzene rings is 1. The Labute approximate surface area is 91.2 Å². The van der Waals surface area contributed by atoms with Gasteiger partial charge in [0.25, 0.3) is 0 Å². The van der Waals surface area contributed by atoms with Crippen molar-refractivity contribution in [3.63, 3.8) is 0 Å². The molecule has 1 spiro atoms. The Balaban J connectivity index is 1.67. The van der Waals surface area contributed by atoms with Gasteiger partial charge in [0.2, 0.25) is 0 Å². The summed E-state index contributed by atoms with van der Waals surface area (Å²) in [5, 5.41) is 3.37. The number of nitrogens with one attached hydrogen (secondary N) is 1. The number of hydrogen-bond acceptors (Lipinski definition) is 1. The summed E-state index contributed by atoms with van der Waals surface area (Å²) in [6.45, 7) is 6.71. The molecule has 1 aromatic rings. The van der Waals surface area contributed by atoms with Gasteiger partial charge in [0, 0.05) is 13.1 Å².